The number of hydrogen-bond donors (Lipinski definition) is 1. The Labute approximate surface area is 172 Å². The fraction of sp³-hybridized carbons (Fsp3) is 0.636. The summed E-state index contributed by atoms with van der Waals surface area (Å²) in [5, 5.41) is 3.05. The highest BCUT2D eigenvalue weighted by molar-refractivity contribution is 5.80. The van der Waals surface area contributed by atoms with Crippen LogP contribution < -0.4 is 10.2 Å². The number of carbonyl (C=O) groups excluding carboxylic acids is 2. The van der Waals surface area contributed by atoms with E-state index in [0.29, 0.717) is 43.7 Å². The van der Waals surface area contributed by atoms with Crippen LogP contribution in [0.1, 0.15) is 33.1 Å². The molecular formula is C22H32FN3O3. The van der Waals surface area contributed by atoms with E-state index in [9.17, 15) is 14.0 Å². The van der Waals surface area contributed by atoms with Crippen LogP contribution >= 0.6 is 0 Å². The van der Waals surface area contributed by atoms with Gasteiger partial charge in [-0.15, -0.1) is 0 Å². The number of piperazine rings is 1. The molecule has 7 heteroatoms. The first-order chi connectivity index (χ1) is 14.0. The average Bonchev–Trinajstić information content (AvgIpc) is 2.72. The summed E-state index contributed by atoms with van der Waals surface area (Å²) in [4.78, 5) is 28.2. The first-order valence-electron chi connectivity index (χ1n) is 10.6. The van der Waals surface area contributed by atoms with E-state index in [-0.39, 0.29) is 36.9 Å². The van der Waals surface area contributed by atoms with Gasteiger partial charge in [0.15, 0.2) is 0 Å². The van der Waals surface area contributed by atoms with Gasteiger partial charge in [-0.3, -0.25) is 9.59 Å². The topological polar surface area (TPSA) is 61.9 Å². The standard InChI is InChI=1S/C22H32FN3O3/c1-16-6-5-8-19(17(16)2)24-21(27)14-29-15-22(28)26-12-10-25(11-13-26)20-9-4-3-7-18(20)23/h3-4,7,9,16-17,19H,5-6,8,10-15H2,1-2H3,(H,24,27). The third kappa shape index (κ3) is 5.69. The second kappa shape index (κ2) is 10.1. The number of hydrogen-bond acceptors (Lipinski definition) is 4. The van der Waals surface area contributed by atoms with Crippen molar-refractivity contribution in [2.75, 3.05) is 44.3 Å². The number of benzene rings is 1. The Morgan fingerprint density at radius 3 is 2.55 bits per heavy atom. The zero-order chi connectivity index (χ0) is 20.8. The third-order valence-corrected chi connectivity index (χ3v) is 6.34. The molecule has 2 aliphatic rings. The van der Waals surface area contributed by atoms with Crippen LogP contribution in [0.5, 0.6) is 0 Å². The quantitative estimate of drug-likeness (QED) is 0.790. The fourth-order valence-corrected chi connectivity index (χ4v) is 4.26. The third-order valence-electron chi connectivity index (χ3n) is 6.34. The van der Waals surface area contributed by atoms with Gasteiger partial charge in [0, 0.05) is 32.2 Å². The SMILES string of the molecule is CC1CCCC(NC(=O)COCC(=O)N2CCN(c3ccccc3F)CC2)C1C. The number of halogens is 1. The zero-order valence-electron chi connectivity index (χ0n) is 17.4. The minimum absolute atomic E-state index is 0.0987. The van der Waals surface area contributed by atoms with E-state index >= 15 is 0 Å². The summed E-state index contributed by atoms with van der Waals surface area (Å²) in [6.45, 7) is 6.38. The van der Waals surface area contributed by atoms with E-state index in [0.717, 1.165) is 12.8 Å². The maximum Gasteiger partial charge on any atom is 0.248 e. The van der Waals surface area contributed by atoms with Crippen LogP contribution in [0.2, 0.25) is 0 Å². The van der Waals surface area contributed by atoms with Crippen LogP contribution in [-0.4, -0.2) is 62.1 Å². The molecule has 3 atom stereocenters. The van der Waals surface area contributed by atoms with Crippen molar-refractivity contribution >= 4 is 17.5 Å². The number of rotatable bonds is 6. The summed E-state index contributed by atoms with van der Waals surface area (Å²) < 4.78 is 19.3. The van der Waals surface area contributed by atoms with Crippen molar-refractivity contribution in [3.63, 3.8) is 0 Å². The molecule has 3 rings (SSSR count). The van der Waals surface area contributed by atoms with E-state index < -0.39 is 0 Å². The van der Waals surface area contributed by atoms with Crippen LogP contribution in [0.4, 0.5) is 10.1 Å². The molecule has 160 valence electrons. The monoisotopic (exact) mass is 405 g/mol. The lowest BCUT2D eigenvalue weighted by Gasteiger charge is -2.36. The van der Waals surface area contributed by atoms with Crippen LogP contribution in [0, 0.1) is 17.7 Å². The Bertz CT molecular complexity index is 706. The van der Waals surface area contributed by atoms with Crippen LogP contribution in [0.3, 0.4) is 0 Å². The van der Waals surface area contributed by atoms with Gasteiger partial charge in [0.1, 0.15) is 19.0 Å². The Morgan fingerprint density at radius 1 is 1.10 bits per heavy atom. The normalized spacial score (nSPS) is 25.0. The summed E-state index contributed by atoms with van der Waals surface area (Å²) in [7, 11) is 0. The fourth-order valence-electron chi connectivity index (χ4n) is 4.26. The largest absolute Gasteiger partial charge is 0.366 e. The molecule has 6 nitrogen and oxygen atoms in total. The first kappa shape index (κ1) is 21.6. The first-order valence-corrected chi connectivity index (χ1v) is 10.6. The van der Waals surface area contributed by atoms with Gasteiger partial charge in [-0.1, -0.05) is 38.8 Å². The molecule has 1 aromatic carbocycles. The van der Waals surface area contributed by atoms with Crippen molar-refractivity contribution in [3.05, 3.63) is 30.1 Å². The molecule has 1 aliphatic carbocycles. The lowest BCUT2D eigenvalue weighted by atomic mass is 9.78. The number of para-hydroxylation sites is 1. The molecule has 0 aromatic heterocycles. The molecule has 1 saturated heterocycles. The number of nitrogens with zero attached hydrogens (tertiary/aromatic N) is 2. The highest BCUT2D eigenvalue weighted by atomic mass is 19.1. The molecule has 0 spiro atoms. The second-order valence-corrected chi connectivity index (χ2v) is 8.25. The molecule has 2 fully saturated rings. The molecule has 29 heavy (non-hydrogen) atoms. The smallest absolute Gasteiger partial charge is 0.248 e. The lowest BCUT2D eigenvalue weighted by molar-refractivity contribution is -0.138. The number of carbonyl (C=O) groups is 2. The summed E-state index contributed by atoms with van der Waals surface area (Å²) in [5.41, 5.74) is 0.568. The lowest BCUT2D eigenvalue weighted by Crippen LogP contribution is -2.50. The highest BCUT2D eigenvalue weighted by Gasteiger charge is 2.28. The van der Waals surface area contributed by atoms with Gasteiger partial charge in [0.25, 0.3) is 0 Å². The Kier molecular flexibility index (Phi) is 7.47. The van der Waals surface area contributed by atoms with Gasteiger partial charge in [0.2, 0.25) is 11.8 Å². The molecule has 1 heterocycles. The highest BCUT2D eigenvalue weighted by Crippen LogP contribution is 2.29. The maximum absolute atomic E-state index is 13.9. The molecule has 3 unspecified atom stereocenters. The molecule has 0 bridgehead atoms. The summed E-state index contributed by atoms with van der Waals surface area (Å²) in [6.07, 6.45) is 3.35. The van der Waals surface area contributed by atoms with Crippen molar-refractivity contribution in [3.8, 4) is 0 Å². The van der Waals surface area contributed by atoms with Gasteiger partial charge >= 0.3 is 0 Å². The molecule has 2 amide bonds. The Hall–Kier alpha value is -2.15. The van der Waals surface area contributed by atoms with Crippen LogP contribution in [-0.2, 0) is 14.3 Å². The van der Waals surface area contributed by atoms with Crippen molar-refractivity contribution in [2.45, 2.75) is 39.2 Å². The van der Waals surface area contributed by atoms with Crippen molar-refractivity contribution in [1.29, 1.82) is 0 Å². The van der Waals surface area contributed by atoms with Gasteiger partial charge in [-0.2, -0.15) is 0 Å². The van der Waals surface area contributed by atoms with Crippen LogP contribution in [0.25, 0.3) is 0 Å². The average molecular weight is 406 g/mol. The van der Waals surface area contributed by atoms with Gasteiger partial charge < -0.3 is 19.9 Å². The number of nitrogens with one attached hydrogen (secondary N) is 1. The van der Waals surface area contributed by atoms with E-state index in [1.165, 1.54) is 12.5 Å². The molecular weight excluding hydrogens is 373 g/mol. The number of amides is 2. The van der Waals surface area contributed by atoms with Crippen molar-refractivity contribution in [1.82, 2.24) is 10.2 Å². The number of ether oxygens (including phenoxy) is 1. The molecule has 1 N–H and O–H groups in total. The predicted octanol–water partition coefficient (Wildman–Crippen LogP) is 2.43. The molecule has 1 aromatic rings. The van der Waals surface area contributed by atoms with E-state index in [4.69, 9.17) is 4.74 Å². The summed E-state index contributed by atoms with van der Waals surface area (Å²) in [6, 6.07) is 6.87. The molecule has 1 saturated carbocycles. The van der Waals surface area contributed by atoms with Crippen LogP contribution in [0.15, 0.2) is 24.3 Å². The van der Waals surface area contributed by atoms with Gasteiger partial charge in [0.05, 0.1) is 5.69 Å². The molecule has 0 radical (unpaired) electrons. The minimum Gasteiger partial charge on any atom is -0.366 e. The second-order valence-electron chi connectivity index (χ2n) is 8.25. The number of anilines is 1. The van der Waals surface area contributed by atoms with Crippen molar-refractivity contribution < 1.29 is 18.7 Å². The Balaban J connectivity index is 1.36. The van der Waals surface area contributed by atoms with E-state index in [1.54, 1.807) is 17.0 Å². The predicted molar refractivity (Wildman–Crippen MR) is 110 cm³/mol. The minimum atomic E-state index is -0.247. The van der Waals surface area contributed by atoms with Gasteiger partial charge in [-0.05, 0) is 30.4 Å². The maximum atomic E-state index is 13.9. The van der Waals surface area contributed by atoms with Crippen molar-refractivity contribution in [2.24, 2.45) is 11.8 Å². The summed E-state index contributed by atoms with van der Waals surface area (Å²) >= 11 is 0. The zero-order valence-corrected chi connectivity index (χ0v) is 17.4. The molecule has 1 aliphatic heterocycles. The Morgan fingerprint density at radius 2 is 1.83 bits per heavy atom. The van der Waals surface area contributed by atoms with E-state index in [1.807, 2.05) is 11.0 Å². The van der Waals surface area contributed by atoms with Gasteiger partial charge in [-0.25, -0.2) is 4.39 Å². The summed E-state index contributed by atoms with van der Waals surface area (Å²) in [5.74, 6) is 0.529. The van der Waals surface area contributed by atoms with E-state index in [2.05, 4.69) is 19.2 Å².